The van der Waals surface area contributed by atoms with E-state index in [1.165, 1.54) is 10.9 Å². The molecule has 7 nitrogen and oxygen atoms in total. The molecule has 0 unspecified atom stereocenters. The Kier molecular flexibility index (Phi) is 3.66. The van der Waals surface area contributed by atoms with Crippen LogP contribution in [0.5, 0.6) is 0 Å². The monoisotopic (exact) mass is 234 g/mol. The molecule has 86 valence electrons. The van der Waals surface area contributed by atoms with Gasteiger partial charge in [0.1, 0.15) is 4.90 Å². The van der Waals surface area contributed by atoms with Gasteiger partial charge in [0.2, 0.25) is 10.0 Å². The van der Waals surface area contributed by atoms with Crippen molar-refractivity contribution < 1.29 is 13.5 Å². The molecule has 0 aliphatic carbocycles. The lowest BCUT2D eigenvalue weighted by Crippen LogP contribution is -2.25. The van der Waals surface area contributed by atoms with Crippen LogP contribution in [0.4, 0.5) is 5.82 Å². The Morgan fingerprint density at radius 3 is 2.80 bits per heavy atom. The van der Waals surface area contributed by atoms with Gasteiger partial charge in [-0.3, -0.25) is 4.68 Å². The second kappa shape index (κ2) is 4.60. The number of aromatic nitrogens is 2. The second-order valence-electron chi connectivity index (χ2n) is 3.03. The van der Waals surface area contributed by atoms with Gasteiger partial charge in [0, 0.05) is 26.4 Å². The smallest absolute Gasteiger partial charge is 0.245 e. The molecule has 0 saturated carbocycles. The molecule has 0 spiro atoms. The average molecular weight is 234 g/mol. The second-order valence-corrected chi connectivity index (χ2v) is 4.76. The quantitative estimate of drug-likeness (QED) is 0.546. The first-order chi connectivity index (χ1) is 6.97. The van der Waals surface area contributed by atoms with Crippen LogP contribution in [0.15, 0.2) is 11.1 Å². The molecule has 8 heteroatoms. The fraction of sp³-hybridized carbons (Fsp3) is 0.571. The molecule has 1 aromatic rings. The molecule has 0 aromatic carbocycles. The van der Waals surface area contributed by atoms with Gasteiger partial charge in [-0.05, 0) is 6.42 Å². The Morgan fingerprint density at radius 2 is 2.33 bits per heavy atom. The van der Waals surface area contributed by atoms with Crippen molar-refractivity contribution in [2.45, 2.75) is 11.3 Å². The predicted octanol–water partition coefficient (Wildman–Crippen LogP) is -1.34. The summed E-state index contributed by atoms with van der Waals surface area (Å²) in [6.07, 6.45) is 1.69. The molecular weight excluding hydrogens is 220 g/mol. The molecule has 0 radical (unpaired) electrons. The number of nitrogen functional groups attached to an aromatic ring is 1. The summed E-state index contributed by atoms with van der Waals surface area (Å²) in [6.45, 7) is 0.109. The van der Waals surface area contributed by atoms with Crippen LogP contribution in [0, 0.1) is 0 Å². The van der Waals surface area contributed by atoms with Crippen LogP contribution in [0.1, 0.15) is 6.42 Å². The molecule has 0 aliphatic rings. The van der Waals surface area contributed by atoms with Gasteiger partial charge in [-0.25, -0.2) is 13.1 Å². The highest BCUT2D eigenvalue weighted by Crippen LogP contribution is 2.14. The zero-order valence-electron chi connectivity index (χ0n) is 8.34. The third kappa shape index (κ3) is 2.91. The van der Waals surface area contributed by atoms with Crippen molar-refractivity contribution in [2.75, 3.05) is 18.9 Å². The van der Waals surface area contributed by atoms with E-state index >= 15 is 0 Å². The van der Waals surface area contributed by atoms with Gasteiger partial charge in [-0.1, -0.05) is 0 Å². The van der Waals surface area contributed by atoms with Gasteiger partial charge >= 0.3 is 0 Å². The summed E-state index contributed by atoms with van der Waals surface area (Å²) in [5.74, 6) is -0.0333. The molecule has 4 N–H and O–H groups in total. The third-order valence-corrected chi connectivity index (χ3v) is 3.22. The molecule has 1 rings (SSSR count). The zero-order valence-corrected chi connectivity index (χ0v) is 9.16. The van der Waals surface area contributed by atoms with E-state index in [1.54, 1.807) is 7.05 Å². The van der Waals surface area contributed by atoms with Crippen molar-refractivity contribution in [2.24, 2.45) is 7.05 Å². The van der Waals surface area contributed by atoms with E-state index in [0.29, 0.717) is 6.42 Å². The Hall–Kier alpha value is -1.12. The fourth-order valence-electron chi connectivity index (χ4n) is 1.05. The Labute approximate surface area is 87.9 Å². The summed E-state index contributed by atoms with van der Waals surface area (Å²) in [7, 11) is -2.03. The number of nitrogens with one attached hydrogen (secondary N) is 1. The molecule has 0 atom stereocenters. The standard InChI is InChI=1S/C7H14N4O3S/c1-11-5-6(7(8)10-11)15(13,14)9-3-2-4-12/h5,9,12H,2-4H2,1H3,(H2,8,10). The molecule has 15 heavy (non-hydrogen) atoms. The minimum absolute atomic E-state index is 0.0333. The van der Waals surface area contributed by atoms with Gasteiger partial charge in [-0.15, -0.1) is 0 Å². The van der Waals surface area contributed by atoms with Crippen molar-refractivity contribution >= 4 is 15.8 Å². The van der Waals surface area contributed by atoms with E-state index in [4.69, 9.17) is 10.8 Å². The minimum atomic E-state index is -3.61. The number of anilines is 1. The normalized spacial score (nSPS) is 11.9. The number of aliphatic hydroxyl groups is 1. The van der Waals surface area contributed by atoms with Crippen LogP contribution in [0.25, 0.3) is 0 Å². The average Bonchev–Trinajstić information content (AvgIpc) is 2.46. The lowest BCUT2D eigenvalue weighted by Gasteiger charge is -2.03. The maximum absolute atomic E-state index is 11.6. The molecule has 1 aromatic heterocycles. The molecule has 0 fully saturated rings. The number of rotatable bonds is 5. The topological polar surface area (TPSA) is 110 Å². The largest absolute Gasteiger partial charge is 0.396 e. The first-order valence-electron chi connectivity index (χ1n) is 4.37. The van der Waals surface area contributed by atoms with E-state index in [1.807, 2.05) is 0 Å². The van der Waals surface area contributed by atoms with Gasteiger partial charge in [0.05, 0.1) is 0 Å². The number of hydrogen-bond acceptors (Lipinski definition) is 5. The maximum atomic E-state index is 11.6. The number of nitrogens with zero attached hydrogens (tertiary/aromatic N) is 2. The van der Waals surface area contributed by atoms with Crippen LogP contribution < -0.4 is 10.5 Å². The zero-order chi connectivity index (χ0) is 11.5. The first-order valence-corrected chi connectivity index (χ1v) is 5.85. The number of nitrogens with two attached hydrogens (primary N) is 1. The molecule has 0 bridgehead atoms. The van der Waals surface area contributed by atoms with Crippen LogP contribution in [0.2, 0.25) is 0 Å². The van der Waals surface area contributed by atoms with Crippen LogP contribution in [-0.2, 0) is 17.1 Å². The van der Waals surface area contributed by atoms with Gasteiger partial charge in [0.15, 0.2) is 5.82 Å². The lowest BCUT2D eigenvalue weighted by atomic mass is 10.5. The van der Waals surface area contributed by atoms with E-state index in [-0.39, 0.29) is 23.9 Å². The van der Waals surface area contributed by atoms with Crippen molar-refractivity contribution in [1.82, 2.24) is 14.5 Å². The predicted molar refractivity (Wildman–Crippen MR) is 54.5 cm³/mol. The Morgan fingerprint density at radius 1 is 1.67 bits per heavy atom. The van der Waals surface area contributed by atoms with E-state index in [0.717, 1.165) is 0 Å². The van der Waals surface area contributed by atoms with Crippen LogP contribution in [-0.4, -0.2) is 36.5 Å². The van der Waals surface area contributed by atoms with E-state index in [9.17, 15) is 8.42 Å². The van der Waals surface area contributed by atoms with Crippen LogP contribution >= 0.6 is 0 Å². The van der Waals surface area contributed by atoms with Crippen molar-refractivity contribution in [3.8, 4) is 0 Å². The van der Waals surface area contributed by atoms with Gasteiger partial charge in [0.25, 0.3) is 0 Å². The summed E-state index contributed by atoms with van der Waals surface area (Å²) >= 11 is 0. The summed E-state index contributed by atoms with van der Waals surface area (Å²) < 4.78 is 26.9. The number of aliphatic hydroxyl groups excluding tert-OH is 1. The molecular formula is C7H14N4O3S. The molecule has 1 heterocycles. The Balaban J connectivity index is 2.82. The SMILES string of the molecule is Cn1cc(S(=O)(=O)NCCCO)c(N)n1. The highest BCUT2D eigenvalue weighted by Gasteiger charge is 2.19. The number of hydrogen-bond donors (Lipinski definition) is 3. The minimum Gasteiger partial charge on any atom is -0.396 e. The fourth-order valence-corrected chi connectivity index (χ4v) is 2.23. The molecule has 0 amide bonds. The van der Waals surface area contributed by atoms with E-state index in [2.05, 4.69) is 9.82 Å². The van der Waals surface area contributed by atoms with Crippen LogP contribution in [0.3, 0.4) is 0 Å². The molecule has 0 aliphatic heterocycles. The van der Waals surface area contributed by atoms with Crippen molar-refractivity contribution in [3.05, 3.63) is 6.20 Å². The van der Waals surface area contributed by atoms with E-state index < -0.39 is 10.0 Å². The third-order valence-electron chi connectivity index (χ3n) is 1.74. The first kappa shape index (κ1) is 12.0. The summed E-state index contributed by atoms with van der Waals surface area (Å²) in [4.78, 5) is -0.0389. The number of aryl methyl sites for hydroxylation is 1. The summed E-state index contributed by atoms with van der Waals surface area (Å²) in [5.41, 5.74) is 5.43. The Bertz CT molecular complexity index is 425. The van der Waals surface area contributed by atoms with Gasteiger partial charge in [-0.2, -0.15) is 5.10 Å². The van der Waals surface area contributed by atoms with Gasteiger partial charge < -0.3 is 10.8 Å². The highest BCUT2D eigenvalue weighted by molar-refractivity contribution is 7.89. The highest BCUT2D eigenvalue weighted by atomic mass is 32.2. The van der Waals surface area contributed by atoms with Crippen molar-refractivity contribution in [3.63, 3.8) is 0 Å². The number of sulfonamides is 1. The summed E-state index contributed by atoms with van der Waals surface area (Å²) in [5, 5.41) is 12.2. The summed E-state index contributed by atoms with van der Waals surface area (Å²) in [6, 6.07) is 0. The lowest BCUT2D eigenvalue weighted by molar-refractivity contribution is 0.289. The van der Waals surface area contributed by atoms with Crippen molar-refractivity contribution in [1.29, 1.82) is 0 Å². The maximum Gasteiger partial charge on any atom is 0.245 e. The molecule has 0 saturated heterocycles.